The number of aryl methyl sites for hydroxylation is 1. The summed E-state index contributed by atoms with van der Waals surface area (Å²) in [6.07, 6.45) is 1.54. The van der Waals surface area contributed by atoms with Crippen LogP contribution in [0.2, 0.25) is 0 Å². The van der Waals surface area contributed by atoms with Gasteiger partial charge in [-0.2, -0.15) is 5.10 Å². The normalized spacial score (nSPS) is 10.9. The number of nitro groups is 1. The van der Waals surface area contributed by atoms with E-state index in [9.17, 15) is 14.9 Å². The Hall–Kier alpha value is -4.14. The Bertz CT molecular complexity index is 1170. The first kappa shape index (κ1) is 22.5. The van der Waals surface area contributed by atoms with Crippen LogP contribution in [0.5, 0.6) is 5.75 Å². The lowest BCUT2D eigenvalue weighted by molar-refractivity contribution is -0.384. The second-order valence-corrected chi connectivity index (χ2v) is 7.41. The molecule has 166 valence electrons. The molecule has 1 N–H and O–H groups in total. The Morgan fingerprint density at radius 2 is 1.94 bits per heavy atom. The topological polar surface area (TPSA) is 102 Å². The van der Waals surface area contributed by atoms with Gasteiger partial charge >= 0.3 is 0 Å². The maximum Gasteiger partial charge on any atom is 0.277 e. The van der Waals surface area contributed by atoms with Crippen LogP contribution >= 0.6 is 0 Å². The summed E-state index contributed by atoms with van der Waals surface area (Å²) in [4.78, 5) is 24.7. The fourth-order valence-corrected chi connectivity index (χ4v) is 3.27. The Balaban J connectivity index is 1.64. The number of aromatic nitrogens is 1. The van der Waals surface area contributed by atoms with Crippen molar-refractivity contribution in [2.75, 3.05) is 25.6 Å². The van der Waals surface area contributed by atoms with Gasteiger partial charge in [0, 0.05) is 54.9 Å². The van der Waals surface area contributed by atoms with Gasteiger partial charge in [0.15, 0.2) is 6.61 Å². The summed E-state index contributed by atoms with van der Waals surface area (Å²) < 4.78 is 7.42. The van der Waals surface area contributed by atoms with Crippen molar-refractivity contribution < 1.29 is 14.5 Å². The maximum atomic E-state index is 12.1. The first-order valence-electron chi connectivity index (χ1n) is 9.92. The van der Waals surface area contributed by atoms with Crippen molar-refractivity contribution in [1.82, 2.24) is 9.99 Å². The molecule has 1 amide bonds. The zero-order chi connectivity index (χ0) is 23.3. The molecule has 3 aromatic rings. The summed E-state index contributed by atoms with van der Waals surface area (Å²) in [6, 6.07) is 15.8. The third kappa shape index (κ3) is 5.31. The zero-order valence-electron chi connectivity index (χ0n) is 18.4. The molecule has 0 aliphatic carbocycles. The van der Waals surface area contributed by atoms with Crippen molar-refractivity contribution in [3.05, 3.63) is 81.7 Å². The number of ether oxygens (including phenoxy) is 1. The van der Waals surface area contributed by atoms with Crippen LogP contribution in [-0.4, -0.2) is 42.3 Å². The summed E-state index contributed by atoms with van der Waals surface area (Å²) >= 11 is 0. The van der Waals surface area contributed by atoms with Crippen LogP contribution in [0.4, 0.5) is 11.4 Å². The van der Waals surface area contributed by atoms with Crippen molar-refractivity contribution in [2.24, 2.45) is 5.10 Å². The quantitative estimate of drug-likeness (QED) is 0.331. The highest BCUT2D eigenvalue weighted by molar-refractivity contribution is 5.84. The molecule has 1 heterocycles. The highest BCUT2D eigenvalue weighted by Crippen LogP contribution is 2.23. The van der Waals surface area contributed by atoms with Crippen molar-refractivity contribution in [3.8, 4) is 11.4 Å². The van der Waals surface area contributed by atoms with Crippen LogP contribution in [0.15, 0.2) is 59.7 Å². The molecule has 0 saturated carbocycles. The second kappa shape index (κ2) is 9.78. The number of nitro benzene ring substituents is 1. The molecule has 0 bridgehead atoms. The first-order valence-corrected chi connectivity index (χ1v) is 9.92. The van der Waals surface area contributed by atoms with Crippen LogP contribution < -0.4 is 15.1 Å². The molecular weight excluding hydrogens is 410 g/mol. The lowest BCUT2D eigenvalue weighted by Gasteiger charge is -2.13. The van der Waals surface area contributed by atoms with E-state index in [0.717, 1.165) is 22.6 Å². The Kier molecular flexibility index (Phi) is 6.89. The van der Waals surface area contributed by atoms with Crippen LogP contribution in [-0.2, 0) is 4.79 Å². The number of benzene rings is 2. The van der Waals surface area contributed by atoms with Gasteiger partial charge in [-0.15, -0.1) is 0 Å². The number of hydrazone groups is 1. The van der Waals surface area contributed by atoms with Crippen LogP contribution in [0, 0.1) is 24.0 Å². The second-order valence-electron chi connectivity index (χ2n) is 7.41. The van der Waals surface area contributed by atoms with Gasteiger partial charge in [-0.1, -0.05) is 12.1 Å². The highest BCUT2D eigenvalue weighted by Gasteiger charge is 2.13. The van der Waals surface area contributed by atoms with E-state index in [4.69, 9.17) is 4.74 Å². The number of nitrogens with zero attached hydrogens (tertiary/aromatic N) is 4. The van der Waals surface area contributed by atoms with Crippen molar-refractivity contribution in [3.63, 3.8) is 0 Å². The lowest BCUT2D eigenvalue weighted by Crippen LogP contribution is -2.24. The highest BCUT2D eigenvalue weighted by atomic mass is 16.6. The fourth-order valence-electron chi connectivity index (χ4n) is 3.27. The fraction of sp³-hybridized carbons (Fsp3) is 0.217. The van der Waals surface area contributed by atoms with Gasteiger partial charge in [-0.05, 0) is 38.1 Å². The predicted octanol–water partition coefficient (Wildman–Crippen LogP) is 3.60. The van der Waals surface area contributed by atoms with E-state index in [1.807, 2.05) is 61.7 Å². The number of rotatable bonds is 8. The number of amides is 1. The van der Waals surface area contributed by atoms with E-state index in [0.29, 0.717) is 11.4 Å². The Labute approximate surface area is 186 Å². The van der Waals surface area contributed by atoms with E-state index in [1.54, 1.807) is 24.4 Å². The molecule has 0 spiro atoms. The third-order valence-electron chi connectivity index (χ3n) is 4.87. The third-order valence-corrected chi connectivity index (χ3v) is 4.87. The minimum Gasteiger partial charge on any atom is -0.484 e. The van der Waals surface area contributed by atoms with Crippen molar-refractivity contribution in [1.29, 1.82) is 0 Å². The number of hydrogen-bond donors (Lipinski definition) is 1. The van der Waals surface area contributed by atoms with Gasteiger partial charge in [0.2, 0.25) is 0 Å². The summed E-state index contributed by atoms with van der Waals surface area (Å²) in [7, 11) is 3.85. The standard InChI is InChI=1S/C23H25N5O4/c1-16-11-18(17(2)27(16)20-8-5-9-21(12-20)28(30)31)14-24-25-23(29)15-32-22-10-6-7-19(13-22)26(3)4/h5-14H,15H2,1-4H3,(H,25,29)/b24-14+. The Morgan fingerprint density at radius 3 is 2.66 bits per heavy atom. The average molecular weight is 435 g/mol. The number of carbonyl (C=O) groups excluding carboxylic acids is 1. The summed E-state index contributed by atoms with van der Waals surface area (Å²) in [5.74, 6) is 0.208. The van der Waals surface area contributed by atoms with Crippen LogP contribution in [0.25, 0.3) is 5.69 Å². The van der Waals surface area contributed by atoms with Gasteiger partial charge in [0.25, 0.3) is 11.6 Å². The number of hydrogen-bond acceptors (Lipinski definition) is 6. The van der Waals surface area contributed by atoms with Crippen molar-refractivity contribution >= 4 is 23.5 Å². The average Bonchev–Trinajstić information content (AvgIpc) is 3.05. The molecule has 1 aromatic heterocycles. The first-order chi connectivity index (χ1) is 15.3. The minimum absolute atomic E-state index is 0.0219. The van der Waals surface area contributed by atoms with E-state index < -0.39 is 4.92 Å². The molecule has 3 rings (SSSR count). The Morgan fingerprint density at radius 1 is 1.19 bits per heavy atom. The molecule has 2 aromatic carbocycles. The molecule has 9 nitrogen and oxygen atoms in total. The largest absolute Gasteiger partial charge is 0.484 e. The minimum atomic E-state index is -0.422. The smallest absolute Gasteiger partial charge is 0.277 e. The van der Waals surface area contributed by atoms with E-state index in [1.165, 1.54) is 12.1 Å². The number of non-ortho nitro benzene ring substituents is 1. The van der Waals surface area contributed by atoms with E-state index in [2.05, 4.69) is 10.5 Å². The number of anilines is 1. The SMILES string of the molecule is Cc1cc(/C=N/NC(=O)COc2cccc(N(C)C)c2)c(C)n1-c1cccc([N+](=O)[O-])c1. The lowest BCUT2D eigenvalue weighted by atomic mass is 10.2. The zero-order valence-corrected chi connectivity index (χ0v) is 18.4. The van der Waals surface area contributed by atoms with E-state index >= 15 is 0 Å². The molecule has 0 unspecified atom stereocenters. The maximum absolute atomic E-state index is 12.1. The summed E-state index contributed by atoms with van der Waals surface area (Å²) in [5, 5.41) is 15.1. The van der Waals surface area contributed by atoms with Gasteiger partial charge in [-0.3, -0.25) is 14.9 Å². The number of carbonyl (C=O) groups is 1. The molecule has 9 heteroatoms. The molecule has 0 radical (unpaired) electrons. The van der Waals surface area contributed by atoms with Gasteiger partial charge < -0.3 is 14.2 Å². The van der Waals surface area contributed by atoms with Crippen molar-refractivity contribution in [2.45, 2.75) is 13.8 Å². The molecule has 0 aliphatic heterocycles. The predicted molar refractivity (Wildman–Crippen MR) is 124 cm³/mol. The molecule has 0 atom stereocenters. The van der Waals surface area contributed by atoms with Gasteiger partial charge in [0.05, 0.1) is 16.8 Å². The molecule has 32 heavy (non-hydrogen) atoms. The van der Waals surface area contributed by atoms with E-state index in [-0.39, 0.29) is 18.2 Å². The molecular formula is C23H25N5O4. The monoisotopic (exact) mass is 435 g/mol. The number of nitrogens with one attached hydrogen (secondary N) is 1. The van der Waals surface area contributed by atoms with Crippen LogP contribution in [0.3, 0.4) is 0 Å². The molecule has 0 fully saturated rings. The molecule has 0 aliphatic rings. The summed E-state index contributed by atoms with van der Waals surface area (Å²) in [5.41, 5.74) is 6.66. The van der Waals surface area contributed by atoms with Gasteiger partial charge in [0.1, 0.15) is 5.75 Å². The molecule has 0 saturated heterocycles. The van der Waals surface area contributed by atoms with Gasteiger partial charge in [-0.25, -0.2) is 5.43 Å². The van der Waals surface area contributed by atoms with Crippen LogP contribution in [0.1, 0.15) is 17.0 Å². The summed E-state index contributed by atoms with van der Waals surface area (Å²) in [6.45, 7) is 3.62.